The van der Waals surface area contributed by atoms with Gasteiger partial charge in [-0.05, 0) is 120 Å². The summed E-state index contributed by atoms with van der Waals surface area (Å²) in [6.07, 6.45) is 7.22. The van der Waals surface area contributed by atoms with Crippen molar-refractivity contribution in [2.24, 2.45) is 5.92 Å². The number of carbonyl (C=O) groups excluding carboxylic acids is 2. The van der Waals surface area contributed by atoms with Gasteiger partial charge in [-0.25, -0.2) is 0 Å². The van der Waals surface area contributed by atoms with E-state index in [1.807, 2.05) is 97.3 Å². The largest absolute Gasteiger partial charge is 0.512 e. The number of hydrogen-bond donors (Lipinski definition) is 2. The van der Waals surface area contributed by atoms with Crippen LogP contribution in [0.25, 0.3) is 89.1 Å². The number of para-hydroxylation sites is 2. The molecule has 12 rings (SSSR count). The van der Waals surface area contributed by atoms with Gasteiger partial charge in [0.2, 0.25) is 0 Å². The molecule has 0 saturated heterocycles. The topological polar surface area (TPSA) is 126 Å². The first-order valence-electron chi connectivity index (χ1n) is 31.2. The maximum absolute atomic E-state index is 10.0. The molecule has 0 amide bonds. The number of aliphatic hydroxyl groups excluding tert-OH is 2. The van der Waals surface area contributed by atoms with Gasteiger partial charge in [0.25, 0.3) is 0 Å². The summed E-state index contributed by atoms with van der Waals surface area (Å²) >= 11 is 0. The number of fused-ring (bicyclic) bond motifs is 2. The predicted octanol–water partition coefficient (Wildman–Crippen LogP) is 21.5. The first-order chi connectivity index (χ1) is 44.7. The van der Waals surface area contributed by atoms with Crippen LogP contribution in [-0.4, -0.2) is 41.7 Å². The van der Waals surface area contributed by atoms with E-state index in [9.17, 15) is 9.59 Å². The summed E-state index contributed by atoms with van der Waals surface area (Å²) in [4.78, 5) is 38.4. The third-order valence-electron chi connectivity index (χ3n) is 14.6. The number of rotatable bonds is 11. The zero-order valence-corrected chi connectivity index (χ0v) is 66.4. The van der Waals surface area contributed by atoms with Crippen molar-refractivity contribution in [3.63, 3.8) is 0 Å². The van der Waals surface area contributed by atoms with Crippen LogP contribution in [0.1, 0.15) is 94.7 Å². The van der Waals surface area contributed by atoms with Crippen LogP contribution in [0.4, 0.5) is 0 Å². The number of allylic oxidation sites excluding steroid dienone is 4. The minimum Gasteiger partial charge on any atom is -0.512 e. The van der Waals surface area contributed by atoms with Crippen molar-refractivity contribution in [3.05, 3.63) is 312 Å². The molecule has 4 radical (unpaired) electrons. The average Bonchev–Trinajstić information content (AvgIpc) is 0.853. The molecule has 8 nitrogen and oxygen atoms in total. The average molecular weight is 1990 g/mol. The Bertz CT molecular complexity index is 4440. The van der Waals surface area contributed by atoms with Gasteiger partial charge in [-0.15, -0.1) is 141 Å². The standard InChI is InChI=1S/C21H20N.C20H18N.2C17H14N.2C5H8O2.4Ir/c1-16(2)13-17-7-5-8-18(14-17)19-9-6-10-20(15-19)21-11-3-4-12-22-21;1-15(2)19-11-12-20(21-14-19)18-10-6-9-17(13-18)16-7-4-3-5-8-16;1-12-6-5-8-15(13(12)2)17-11-10-14-7-3-4-9-16(14)18-17;1-12-7-9-15(13(2)11-12)17-10-8-14-5-3-4-6-16(14)18-17;2*1-4(6)3-5(2)7;;;;/h3-9,11-12,14-16H,13H2,1-2H3;3-9,11-15H,1-2H3;3-7,9-11H,1-2H3;3-8,10-11H,1-2H3;2*3,6H,1-2H3;;;;/q4*-1;;;;;;. The number of aryl methyl sites for hydroxylation is 3. The zero-order valence-electron chi connectivity index (χ0n) is 56.8. The molecule has 0 unspecified atom stereocenters. The Morgan fingerprint density at radius 2 is 0.948 bits per heavy atom. The van der Waals surface area contributed by atoms with Gasteiger partial charge in [0, 0.05) is 105 Å². The first-order valence-corrected chi connectivity index (χ1v) is 31.2. The number of pyridine rings is 4. The molecule has 2 N–H and O–H groups in total. The second kappa shape index (κ2) is 42.5. The number of aromatic nitrogens is 4. The Morgan fingerprint density at radius 3 is 1.44 bits per heavy atom. The molecule has 0 saturated carbocycles. The van der Waals surface area contributed by atoms with Crippen LogP contribution in [0, 0.1) is 57.9 Å². The summed E-state index contributed by atoms with van der Waals surface area (Å²) in [7, 11) is 0. The molecule has 0 aliphatic carbocycles. The molecule has 12 aromatic rings. The van der Waals surface area contributed by atoms with Crippen LogP contribution in [-0.2, 0) is 96.4 Å². The minimum absolute atomic E-state index is 0. The van der Waals surface area contributed by atoms with Crippen LogP contribution < -0.4 is 0 Å². The molecule has 0 fully saturated rings. The van der Waals surface area contributed by atoms with E-state index in [-0.39, 0.29) is 104 Å². The summed E-state index contributed by atoms with van der Waals surface area (Å²) in [5, 5.41) is 19.1. The molecule has 506 valence electrons. The quantitative estimate of drug-likeness (QED) is 0.0745. The summed E-state index contributed by atoms with van der Waals surface area (Å²) in [6.45, 7) is 23.0. The number of hydrogen-bond acceptors (Lipinski definition) is 8. The normalized spacial score (nSPS) is 10.5. The Hall–Kier alpha value is -8.10. The van der Waals surface area contributed by atoms with E-state index >= 15 is 0 Å². The Labute approximate surface area is 628 Å². The first kappa shape index (κ1) is 83.1. The fourth-order valence-corrected chi connectivity index (χ4v) is 9.97. The summed E-state index contributed by atoms with van der Waals surface area (Å²) in [6, 6.07) is 88.0. The molecule has 12 heteroatoms. The molecule has 4 heterocycles. The van der Waals surface area contributed by atoms with Crippen LogP contribution in [0.3, 0.4) is 0 Å². The second-order valence-corrected chi connectivity index (χ2v) is 23.5. The van der Waals surface area contributed by atoms with E-state index in [1.165, 1.54) is 106 Å². The molecule has 0 atom stereocenters. The third kappa shape index (κ3) is 27.0. The second-order valence-electron chi connectivity index (χ2n) is 23.5. The predicted molar refractivity (Wildman–Crippen MR) is 386 cm³/mol. The number of carbonyl (C=O) groups is 2. The van der Waals surface area contributed by atoms with E-state index < -0.39 is 0 Å². The maximum atomic E-state index is 10.0. The fourth-order valence-electron chi connectivity index (χ4n) is 9.97. The van der Waals surface area contributed by atoms with E-state index in [2.05, 4.69) is 223 Å². The van der Waals surface area contributed by atoms with E-state index in [4.69, 9.17) is 20.2 Å². The molecule has 0 spiro atoms. The smallest absolute Gasteiger partial charge is 0.155 e. The van der Waals surface area contributed by atoms with E-state index in [0.29, 0.717) is 11.8 Å². The molecule has 97 heavy (non-hydrogen) atoms. The van der Waals surface area contributed by atoms with Crippen molar-refractivity contribution >= 4 is 33.4 Å². The Balaban J connectivity index is 0.000000312. The van der Waals surface area contributed by atoms with Gasteiger partial charge in [-0.2, -0.15) is 0 Å². The summed E-state index contributed by atoms with van der Waals surface area (Å²) in [5.41, 5.74) is 22.7. The molecule has 4 aromatic heterocycles. The van der Waals surface area contributed by atoms with Crippen molar-refractivity contribution in [2.45, 2.75) is 95.4 Å². The number of nitrogens with zero attached hydrogens (tertiary/aromatic N) is 4. The van der Waals surface area contributed by atoms with Crippen molar-refractivity contribution in [3.8, 4) is 67.3 Å². The fraction of sp³-hybridized carbons (Fsp3) is 0.176. The van der Waals surface area contributed by atoms with Crippen LogP contribution in [0.2, 0.25) is 0 Å². The Morgan fingerprint density at radius 1 is 0.454 bits per heavy atom. The van der Waals surface area contributed by atoms with Crippen molar-refractivity contribution in [2.75, 3.05) is 0 Å². The van der Waals surface area contributed by atoms with Crippen LogP contribution in [0.5, 0.6) is 0 Å². The van der Waals surface area contributed by atoms with Gasteiger partial charge in [-0.3, -0.25) is 19.6 Å². The molecule has 0 aliphatic rings. The zero-order chi connectivity index (χ0) is 66.8. The number of aliphatic hydroxyl groups is 2. The number of benzene rings is 8. The van der Waals surface area contributed by atoms with Gasteiger partial charge < -0.3 is 20.2 Å². The van der Waals surface area contributed by atoms with Gasteiger partial charge in [-0.1, -0.05) is 195 Å². The van der Waals surface area contributed by atoms with Gasteiger partial charge in [0.15, 0.2) is 11.6 Å². The van der Waals surface area contributed by atoms with Gasteiger partial charge in [0.1, 0.15) is 0 Å². The van der Waals surface area contributed by atoms with Crippen LogP contribution in [0.15, 0.2) is 254 Å². The maximum Gasteiger partial charge on any atom is 0.155 e. The minimum atomic E-state index is -0.125. The third-order valence-corrected chi connectivity index (χ3v) is 14.6. The van der Waals surface area contributed by atoms with Crippen LogP contribution >= 0.6 is 0 Å². The van der Waals surface area contributed by atoms with Crippen molar-refractivity contribution in [1.82, 2.24) is 19.9 Å². The summed E-state index contributed by atoms with van der Waals surface area (Å²) < 4.78 is 0. The monoisotopic (exact) mass is 1990 g/mol. The van der Waals surface area contributed by atoms with Gasteiger partial charge in [0.05, 0.1) is 22.6 Å². The SMILES string of the molecule is CC(=O)C=C(C)O.CC(=O)C=C(C)O.CC(C)Cc1cccc(-c2cc[c-]c(-c3ccccn3)c2)c1.CC(C)c1ccc(-c2[c-]ccc(-c3ccccc3)c2)nc1.Cc1c[c-]c(-c2ccc3ccccc3n2)c(C)c1.Cc1cc[c-]c(-c2ccc3ccccc3n2)c1C.[Ir].[Ir].[Ir].[Ir]. The van der Waals surface area contributed by atoms with E-state index in [1.54, 1.807) is 0 Å². The molecule has 8 aromatic carbocycles. The van der Waals surface area contributed by atoms with Gasteiger partial charge >= 0.3 is 0 Å². The molecule has 0 aliphatic heterocycles. The van der Waals surface area contributed by atoms with E-state index in [0.717, 1.165) is 62.5 Å². The summed E-state index contributed by atoms with van der Waals surface area (Å²) in [5.74, 6) is 1.05. The Kier molecular flexibility index (Phi) is 36.5. The number of ketones is 2. The molecular formula is C85H82Ir4N4O4-4. The molecule has 0 bridgehead atoms. The van der Waals surface area contributed by atoms with Crippen molar-refractivity contribution < 1.29 is 100 Å². The molecular weight excluding hydrogens is 1910 g/mol. The van der Waals surface area contributed by atoms with Crippen molar-refractivity contribution in [1.29, 1.82) is 0 Å².